The molecule has 0 heterocycles. The maximum absolute atomic E-state index is 3.41. The molecule has 0 amide bonds. The van der Waals surface area contributed by atoms with Crippen LogP contribution in [0.15, 0.2) is 48.5 Å². The highest BCUT2D eigenvalue weighted by Crippen LogP contribution is 2.25. The molecule has 1 atom stereocenters. The van der Waals surface area contributed by atoms with Gasteiger partial charge in [-0.1, -0.05) is 36.4 Å². The number of nitrogens with zero attached hydrogens (tertiary/aromatic N) is 1. The van der Waals surface area contributed by atoms with Crippen LogP contribution < -0.4 is 10.2 Å². The summed E-state index contributed by atoms with van der Waals surface area (Å²) in [5.41, 5.74) is 5.17. The van der Waals surface area contributed by atoms with Crippen LogP contribution in [0.2, 0.25) is 0 Å². The Kier molecular flexibility index (Phi) is 4.23. The molecule has 0 bridgehead atoms. The second-order valence-electron chi connectivity index (χ2n) is 5.06. The maximum atomic E-state index is 3.41. The van der Waals surface area contributed by atoms with E-state index in [1.807, 2.05) is 7.05 Å². The third kappa shape index (κ3) is 2.96. The Morgan fingerprint density at radius 1 is 0.947 bits per heavy atom. The van der Waals surface area contributed by atoms with Gasteiger partial charge in [0.05, 0.1) is 6.04 Å². The summed E-state index contributed by atoms with van der Waals surface area (Å²) in [6, 6.07) is 17.5. The molecule has 0 aliphatic heterocycles. The van der Waals surface area contributed by atoms with Crippen LogP contribution in [0.1, 0.15) is 22.7 Å². The Bertz CT molecular complexity index is 529. The van der Waals surface area contributed by atoms with Gasteiger partial charge in [0.1, 0.15) is 0 Å². The number of hydrogen-bond acceptors (Lipinski definition) is 2. The lowest BCUT2D eigenvalue weighted by Gasteiger charge is -2.20. The molecule has 1 N–H and O–H groups in total. The molecular weight excluding hydrogens is 232 g/mol. The first-order chi connectivity index (χ1) is 9.13. The summed E-state index contributed by atoms with van der Waals surface area (Å²) >= 11 is 0. The molecular formula is C17H22N2. The zero-order valence-electron chi connectivity index (χ0n) is 12.1. The van der Waals surface area contributed by atoms with E-state index in [-0.39, 0.29) is 6.04 Å². The molecule has 0 aliphatic carbocycles. The molecule has 2 heteroatoms. The van der Waals surface area contributed by atoms with Crippen LogP contribution in [0.5, 0.6) is 0 Å². The van der Waals surface area contributed by atoms with Crippen molar-refractivity contribution in [1.82, 2.24) is 5.32 Å². The smallest absolute Gasteiger partial charge is 0.0576 e. The zero-order valence-corrected chi connectivity index (χ0v) is 12.1. The predicted octanol–water partition coefficient (Wildman–Crippen LogP) is 3.37. The lowest BCUT2D eigenvalue weighted by Crippen LogP contribution is -2.18. The average molecular weight is 254 g/mol. The molecule has 100 valence electrons. The molecule has 0 aliphatic rings. The van der Waals surface area contributed by atoms with E-state index < -0.39 is 0 Å². The van der Waals surface area contributed by atoms with Gasteiger partial charge < -0.3 is 10.2 Å². The van der Waals surface area contributed by atoms with Gasteiger partial charge in [-0.3, -0.25) is 0 Å². The normalized spacial score (nSPS) is 12.2. The number of rotatable bonds is 4. The van der Waals surface area contributed by atoms with Crippen molar-refractivity contribution in [2.24, 2.45) is 0 Å². The first kappa shape index (κ1) is 13.6. The van der Waals surface area contributed by atoms with E-state index in [0.29, 0.717) is 0 Å². The Balaban J connectivity index is 2.35. The molecule has 0 saturated carbocycles. The van der Waals surface area contributed by atoms with Crippen LogP contribution in [0.25, 0.3) is 0 Å². The van der Waals surface area contributed by atoms with Gasteiger partial charge in [0.25, 0.3) is 0 Å². The summed E-state index contributed by atoms with van der Waals surface area (Å²) in [5, 5.41) is 3.41. The van der Waals surface area contributed by atoms with Crippen molar-refractivity contribution in [2.75, 3.05) is 26.0 Å². The number of benzene rings is 2. The highest BCUT2D eigenvalue weighted by molar-refractivity contribution is 5.48. The highest BCUT2D eigenvalue weighted by Gasteiger charge is 2.13. The van der Waals surface area contributed by atoms with Gasteiger partial charge >= 0.3 is 0 Å². The first-order valence-corrected chi connectivity index (χ1v) is 6.63. The van der Waals surface area contributed by atoms with E-state index in [4.69, 9.17) is 0 Å². The van der Waals surface area contributed by atoms with Crippen LogP contribution in [0, 0.1) is 6.92 Å². The second-order valence-corrected chi connectivity index (χ2v) is 5.06. The van der Waals surface area contributed by atoms with Crippen molar-refractivity contribution >= 4 is 5.69 Å². The minimum atomic E-state index is 0.248. The summed E-state index contributed by atoms with van der Waals surface area (Å²) in [6.45, 7) is 2.16. The van der Waals surface area contributed by atoms with Gasteiger partial charge in [0.15, 0.2) is 0 Å². The largest absolute Gasteiger partial charge is 0.378 e. The summed E-state index contributed by atoms with van der Waals surface area (Å²) in [5.74, 6) is 0. The first-order valence-electron chi connectivity index (χ1n) is 6.63. The van der Waals surface area contributed by atoms with Gasteiger partial charge in [-0.15, -0.1) is 0 Å². The van der Waals surface area contributed by atoms with Crippen molar-refractivity contribution in [3.63, 3.8) is 0 Å². The van der Waals surface area contributed by atoms with Crippen molar-refractivity contribution in [2.45, 2.75) is 13.0 Å². The van der Waals surface area contributed by atoms with E-state index in [2.05, 4.69) is 79.8 Å². The third-order valence-electron chi connectivity index (χ3n) is 3.53. The highest BCUT2D eigenvalue weighted by atomic mass is 15.1. The van der Waals surface area contributed by atoms with E-state index >= 15 is 0 Å². The molecule has 0 fully saturated rings. The Morgan fingerprint density at radius 3 is 2.11 bits per heavy atom. The number of aryl methyl sites for hydroxylation is 1. The Labute approximate surface area is 116 Å². The van der Waals surface area contributed by atoms with Crippen molar-refractivity contribution in [3.8, 4) is 0 Å². The van der Waals surface area contributed by atoms with Gasteiger partial charge in [-0.2, -0.15) is 0 Å². The van der Waals surface area contributed by atoms with Crippen LogP contribution in [0.3, 0.4) is 0 Å². The molecule has 0 saturated heterocycles. The predicted molar refractivity (Wildman–Crippen MR) is 82.9 cm³/mol. The minimum absolute atomic E-state index is 0.248. The van der Waals surface area contributed by atoms with Gasteiger partial charge in [0, 0.05) is 19.8 Å². The second kappa shape index (κ2) is 5.89. The SMILES string of the molecule is CNC(c1ccc(N(C)C)cc1)c1ccccc1C. The molecule has 2 nitrogen and oxygen atoms in total. The average Bonchev–Trinajstić information content (AvgIpc) is 2.42. The van der Waals surface area contributed by atoms with E-state index in [1.165, 1.54) is 22.4 Å². The van der Waals surface area contributed by atoms with Crippen molar-refractivity contribution in [3.05, 3.63) is 65.2 Å². The zero-order chi connectivity index (χ0) is 13.8. The summed E-state index contributed by atoms with van der Waals surface area (Å²) in [6.07, 6.45) is 0. The Morgan fingerprint density at radius 2 is 1.58 bits per heavy atom. The molecule has 0 spiro atoms. The fourth-order valence-electron chi connectivity index (χ4n) is 2.38. The fraction of sp³-hybridized carbons (Fsp3) is 0.294. The molecule has 2 aromatic carbocycles. The van der Waals surface area contributed by atoms with Crippen LogP contribution in [-0.4, -0.2) is 21.1 Å². The van der Waals surface area contributed by atoms with E-state index in [1.54, 1.807) is 0 Å². The molecule has 2 rings (SSSR count). The van der Waals surface area contributed by atoms with Gasteiger partial charge in [0.2, 0.25) is 0 Å². The Hall–Kier alpha value is -1.80. The van der Waals surface area contributed by atoms with E-state index in [0.717, 1.165) is 0 Å². The lowest BCUT2D eigenvalue weighted by molar-refractivity contribution is 0.687. The van der Waals surface area contributed by atoms with E-state index in [9.17, 15) is 0 Å². The monoisotopic (exact) mass is 254 g/mol. The minimum Gasteiger partial charge on any atom is -0.378 e. The van der Waals surface area contributed by atoms with Gasteiger partial charge in [-0.25, -0.2) is 0 Å². The van der Waals surface area contributed by atoms with Crippen LogP contribution in [0.4, 0.5) is 5.69 Å². The molecule has 2 aromatic rings. The van der Waals surface area contributed by atoms with Crippen molar-refractivity contribution in [1.29, 1.82) is 0 Å². The molecule has 0 radical (unpaired) electrons. The summed E-state index contributed by atoms with van der Waals surface area (Å²) in [7, 11) is 6.13. The van der Waals surface area contributed by atoms with Crippen molar-refractivity contribution < 1.29 is 0 Å². The molecule has 19 heavy (non-hydrogen) atoms. The summed E-state index contributed by atoms with van der Waals surface area (Å²) < 4.78 is 0. The quantitative estimate of drug-likeness (QED) is 0.900. The number of anilines is 1. The number of nitrogens with one attached hydrogen (secondary N) is 1. The van der Waals surface area contributed by atoms with Gasteiger partial charge in [-0.05, 0) is 42.8 Å². The molecule has 1 unspecified atom stereocenters. The third-order valence-corrected chi connectivity index (χ3v) is 3.53. The summed E-state index contributed by atoms with van der Waals surface area (Å²) in [4.78, 5) is 2.12. The van der Waals surface area contributed by atoms with Crippen LogP contribution >= 0.6 is 0 Å². The molecule has 0 aromatic heterocycles. The topological polar surface area (TPSA) is 15.3 Å². The standard InChI is InChI=1S/C17H22N2/c1-13-7-5-6-8-16(13)17(18-2)14-9-11-15(12-10-14)19(3)4/h5-12,17-18H,1-4H3. The lowest BCUT2D eigenvalue weighted by atomic mass is 9.95. The fourth-order valence-corrected chi connectivity index (χ4v) is 2.38. The maximum Gasteiger partial charge on any atom is 0.0576 e. The van der Waals surface area contributed by atoms with Crippen LogP contribution in [-0.2, 0) is 0 Å². The number of hydrogen-bond donors (Lipinski definition) is 1.